The van der Waals surface area contributed by atoms with Crippen LogP contribution in [0, 0.1) is 0 Å². The van der Waals surface area contributed by atoms with Crippen LogP contribution in [0.25, 0.3) is 0 Å². The molecule has 3 fully saturated rings. The average molecular weight is 406 g/mol. The van der Waals surface area contributed by atoms with Gasteiger partial charge >= 0.3 is 0 Å². The quantitative estimate of drug-likeness (QED) is 0.697. The van der Waals surface area contributed by atoms with Crippen molar-refractivity contribution in [2.45, 2.75) is 69.2 Å². The molecule has 1 aromatic carbocycles. The van der Waals surface area contributed by atoms with E-state index in [4.69, 9.17) is 33.2 Å². The highest BCUT2D eigenvalue weighted by Crippen LogP contribution is 2.45. The lowest BCUT2D eigenvalue weighted by molar-refractivity contribution is -0.453. The summed E-state index contributed by atoms with van der Waals surface area (Å²) in [6.45, 7) is 10.2. The molecule has 0 saturated carbocycles. The first-order valence-electron chi connectivity index (χ1n) is 9.99. The van der Waals surface area contributed by atoms with Crippen molar-refractivity contribution in [1.82, 2.24) is 0 Å². The number of benzene rings is 1. The minimum atomic E-state index is -0.968. The molecule has 7 heteroatoms. The maximum Gasteiger partial charge on any atom is 0.194 e. The molecule has 1 aromatic rings. The van der Waals surface area contributed by atoms with Crippen LogP contribution in [0.15, 0.2) is 43.0 Å². The molecule has 4 rings (SSSR count). The van der Waals surface area contributed by atoms with Gasteiger partial charge in [0.05, 0.1) is 13.2 Å². The van der Waals surface area contributed by atoms with Gasteiger partial charge in [0.2, 0.25) is 0 Å². The van der Waals surface area contributed by atoms with Crippen LogP contribution in [0.3, 0.4) is 0 Å². The molecule has 3 aliphatic heterocycles. The third-order valence-electron chi connectivity index (χ3n) is 6.01. The smallest absolute Gasteiger partial charge is 0.194 e. The first-order valence-corrected chi connectivity index (χ1v) is 9.99. The second kappa shape index (κ2) is 8.07. The molecule has 3 saturated heterocycles. The molecule has 0 aliphatic carbocycles. The van der Waals surface area contributed by atoms with Gasteiger partial charge in [0.15, 0.2) is 18.4 Å². The molecule has 2 unspecified atom stereocenters. The van der Waals surface area contributed by atoms with Gasteiger partial charge in [0, 0.05) is 12.7 Å². The van der Waals surface area contributed by atoms with Gasteiger partial charge in [0.25, 0.3) is 0 Å². The van der Waals surface area contributed by atoms with E-state index in [1.54, 1.807) is 13.2 Å². The summed E-state index contributed by atoms with van der Waals surface area (Å²) in [5.41, 5.74) is 0.239. The number of hydrogen-bond acceptors (Lipinski definition) is 7. The molecule has 0 bridgehead atoms. The van der Waals surface area contributed by atoms with Crippen molar-refractivity contribution in [3.05, 3.63) is 48.6 Å². The Bertz CT molecular complexity index is 708. The summed E-state index contributed by atoms with van der Waals surface area (Å²) in [5, 5.41) is 0. The fourth-order valence-electron chi connectivity index (χ4n) is 4.03. The zero-order valence-electron chi connectivity index (χ0n) is 17.4. The zero-order chi connectivity index (χ0) is 20.6. The maximum atomic E-state index is 6.53. The molecule has 0 amide bonds. The Morgan fingerprint density at radius 3 is 2.52 bits per heavy atom. The lowest BCUT2D eigenvalue weighted by atomic mass is 9.90. The molecular weight excluding hydrogens is 376 g/mol. The third kappa shape index (κ3) is 3.77. The largest absolute Gasteiger partial charge is 0.361 e. The van der Waals surface area contributed by atoms with Crippen molar-refractivity contribution in [1.29, 1.82) is 0 Å². The number of methoxy groups -OCH3 is 1. The summed E-state index contributed by atoms with van der Waals surface area (Å²) in [4.78, 5) is 0. The molecular formula is C22H30O7. The zero-order valence-corrected chi connectivity index (χ0v) is 17.4. The molecule has 3 aliphatic rings. The van der Waals surface area contributed by atoms with Gasteiger partial charge in [0.1, 0.15) is 30.0 Å². The lowest BCUT2D eigenvalue weighted by Crippen LogP contribution is -2.73. The fourth-order valence-corrected chi connectivity index (χ4v) is 4.03. The van der Waals surface area contributed by atoms with Crippen LogP contribution >= 0.6 is 0 Å². The van der Waals surface area contributed by atoms with Crippen LogP contribution in [0.2, 0.25) is 0 Å². The lowest BCUT2D eigenvalue weighted by Gasteiger charge is -2.58. The molecule has 0 spiro atoms. The van der Waals surface area contributed by atoms with Gasteiger partial charge in [-0.15, -0.1) is 6.58 Å². The van der Waals surface area contributed by atoms with Gasteiger partial charge in [-0.25, -0.2) is 0 Å². The van der Waals surface area contributed by atoms with Crippen LogP contribution in [0.4, 0.5) is 0 Å². The molecule has 0 N–H and O–H groups in total. The topological polar surface area (TPSA) is 64.6 Å². The van der Waals surface area contributed by atoms with E-state index in [0.717, 1.165) is 5.56 Å². The van der Waals surface area contributed by atoms with E-state index in [-0.39, 0.29) is 12.2 Å². The summed E-state index contributed by atoms with van der Waals surface area (Å²) in [5.74, 6) is -0.968. The van der Waals surface area contributed by atoms with Crippen molar-refractivity contribution >= 4 is 0 Å². The minimum absolute atomic E-state index is 0.329. The maximum absolute atomic E-state index is 6.53. The number of rotatable bonds is 5. The van der Waals surface area contributed by atoms with Crippen LogP contribution in [-0.2, 0) is 33.2 Å². The van der Waals surface area contributed by atoms with Crippen molar-refractivity contribution in [2.75, 3.05) is 20.3 Å². The minimum Gasteiger partial charge on any atom is -0.361 e. The normalized spacial score (nSPS) is 41.2. The van der Waals surface area contributed by atoms with Gasteiger partial charge in [-0.2, -0.15) is 0 Å². The second-order valence-electron chi connectivity index (χ2n) is 8.17. The van der Waals surface area contributed by atoms with Crippen molar-refractivity contribution in [3.8, 4) is 0 Å². The summed E-state index contributed by atoms with van der Waals surface area (Å²) in [6.07, 6.45) is -1.10. The standard InChI is InChI=1S/C22H30O7/c1-6-12-24-20-18-17(28-21(2,3)22(4,23-5)29-18)16-15(26-20)13-25-19(27-16)14-10-8-7-9-11-14/h6-11,15-20H,1,12-13H2,2-5H3/t15-,16-,17+,18-,19?,20?,22-/m1/s1. The molecule has 160 valence electrons. The van der Waals surface area contributed by atoms with Crippen LogP contribution < -0.4 is 0 Å². The molecule has 0 radical (unpaired) electrons. The van der Waals surface area contributed by atoms with E-state index in [1.807, 2.05) is 51.1 Å². The molecule has 7 atom stereocenters. The van der Waals surface area contributed by atoms with Crippen molar-refractivity contribution < 1.29 is 33.2 Å². The molecule has 3 heterocycles. The first kappa shape index (κ1) is 20.9. The summed E-state index contributed by atoms with van der Waals surface area (Å²) >= 11 is 0. The molecule has 7 nitrogen and oxygen atoms in total. The average Bonchev–Trinajstić information content (AvgIpc) is 2.73. The van der Waals surface area contributed by atoms with E-state index < -0.39 is 36.2 Å². The first-order chi connectivity index (χ1) is 13.9. The van der Waals surface area contributed by atoms with Gasteiger partial charge in [-0.05, 0) is 20.8 Å². The van der Waals surface area contributed by atoms with E-state index in [1.165, 1.54) is 0 Å². The van der Waals surface area contributed by atoms with E-state index >= 15 is 0 Å². The van der Waals surface area contributed by atoms with Crippen LogP contribution in [-0.4, -0.2) is 62.4 Å². The van der Waals surface area contributed by atoms with Gasteiger partial charge in [-0.3, -0.25) is 0 Å². The number of ether oxygens (including phenoxy) is 7. The van der Waals surface area contributed by atoms with Crippen LogP contribution in [0.5, 0.6) is 0 Å². The highest BCUT2D eigenvalue weighted by molar-refractivity contribution is 5.17. The molecule has 0 aromatic heterocycles. The Morgan fingerprint density at radius 1 is 1.07 bits per heavy atom. The molecule has 29 heavy (non-hydrogen) atoms. The van der Waals surface area contributed by atoms with Crippen molar-refractivity contribution in [3.63, 3.8) is 0 Å². The van der Waals surface area contributed by atoms with Crippen LogP contribution in [0.1, 0.15) is 32.6 Å². The highest BCUT2D eigenvalue weighted by atomic mass is 16.8. The Labute approximate surface area is 171 Å². The fraction of sp³-hybridized carbons (Fsp3) is 0.636. The van der Waals surface area contributed by atoms with E-state index in [0.29, 0.717) is 13.2 Å². The summed E-state index contributed by atoms with van der Waals surface area (Å²) < 4.78 is 42.9. The summed E-state index contributed by atoms with van der Waals surface area (Å²) in [7, 11) is 1.61. The number of hydrogen-bond donors (Lipinski definition) is 0. The Morgan fingerprint density at radius 2 is 1.83 bits per heavy atom. The predicted octanol–water partition coefficient (Wildman–Crippen LogP) is 2.95. The third-order valence-corrected chi connectivity index (χ3v) is 6.01. The predicted molar refractivity (Wildman–Crippen MR) is 104 cm³/mol. The van der Waals surface area contributed by atoms with Gasteiger partial charge < -0.3 is 33.2 Å². The monoisotopic (exact) mass is 406 g/mol. The SMILES string of the molecule is C=CCOC1O[C@@H]2COC(c3ccccc3)O[C@H]2[C@@H]2OC(C)(C)[C@](C)(OC)O[C@@H]12. The Hall–Kier alpha value is -1.32. The Balaban J connectivity index is 1.61. The van der Waals surface area contributed by atoms with Crippen molar-refractivity contribution in [2.24, 2.45) is 0 Å². The highest BCUT2D eigenvalue weighted by Gasteiger charge is 2.61. The Kier molecular flexibility index (Phi) is 5.83. The van der Waals surface area contributed by atoms with E-state index in [2.05, 4.69) is 6.58 Å². The van der Waals surface area contributed by atoms with Gasteiger partial charge in [-0.1, -0.05) is 36.4 Å². The number of fused-ring (bicyclic) bond motifs is 3. The van der Waals surface area contributed by atoms with E-state index in [9.17, 15) is 0 Å². The summed E-state index contributed by atoms with van der Waals surface area (Å²) in [6, 6.07) is 9.84. The second-order valence-corrected chi connectivity index (χ2v) is 8.17.